The minimum atomic E-state index is -0.334. The van der Waals surface area contributed by atoms with Crippen LogP contribution in [0.25, 0.3) is 0 Å². The van der Waals surface area contributed by atoms with Crippen LogP contribution >= 0.6 is 0 Å². The van der Waals surface area contributed by atoms with Crippen LogP contribution in [0.4, 0.5) is 5.82 Å². The molecule has 2 rings (SSSR count). The van der Waals surface area contributed by atoms with E-state index < -0.39 is 0 Å². The van der Waals surface area contributed by atoms with Crippen molar-refractivity contribution >= 4 is 11.7 Å². The fourth-order valence-electron chi connectivity index (χ4n) is 1.69. The molecular formula is C12H12N4O2. The molecule has 92 valence electrons. The highest BCUT2D eigenvalue weighted by Crippen LogP contribution is 2.17. The predicted octanol–water partition coefficient (Wildman–Crippen LogP) is 1.75. The maximum Gasteiger partial charge on any atom is 0.260 e. The molecule has 0 spiro atoms. The molecule has 0 saturated carbocycles. The molecule has 18 heavy (non-hydrogen) atoms. The summed E-state index contributed by atoms with van der Waals surface area (Å²) in [5.74, 6) is 1.13. The summed E-state index contributed by atoms with van der Waals surface area (Å²) in [5.41, 5.74) is 0.769. The van der Waals surface area contributed by atoms with Crippen LogP contribution in [-0.4, -0.2) is 15.7 Å². The predicted molar refractivity (Wildman–Crippen MR) is 64.1 cm³/mol. The maximum atomic E-state index is 12.0. The third-order valence-electron chi connectivity index (χ3n) is 2.47. The minimum absolute atomic E-state index is 0.253. The van der Waals surface area contributed by atoms with Crippen LogP contribution in [0.5, 0.6) is 0 Å². The zero-order chi connectivity index (χ0) is 13.3. The number of nitriles is 1. The Morgan fingerprint density at radius 3 is 2.83 bits per heavy atom. The van der Waals surface area contributed by atoms with Gasteiger partial charge in [-0.05, 0) is 19.9 Å². The molecule has 0 aliphatic carbocycles. The number of carbonyl (C=O) groups excluding carboxylic acids is 1. The molecule has 6 heteroatoms. The minimum Gasteiger partial charge on any atom is -0.466 e. The molecular weight excluding hydrogens is 232 g/mol. The number of carbonyl (C=O) groups is 1. The van der Waals surface area contributed by atoms with E-state index in [-0.39, 0.29) is 11.7 Å². The number of nitrogens with one attached hydrogen (secondary N) is 1. The third-order valence-corrected chi connectivity index (χ3v) is 2.47. The van der Waals surface area contributed by atoms with Crippen molar-refractivity contribution in [1.82, 2.24) is 9.78 Å². The zero-order valence-electron chi connectivity index (χ0n) is 10.3. The molecule has 0 saturated heterocycles. The topological polar surface area (TPSA) is 83.9 Å². The summed E-state index contributed by atoms with van der Waals surface area (Å²) in [4.78, 5) is 12.0. The second-order valence-corrected chi connectivity index (χ2v) is 3.96. The van der Waals surface area contributed by atoms with Crippen molar-refractivity contribution in [3.8, 4) is 6.07 Å². The van der Waals surface area contributed by atoms with Crippen molar-refractivity contribution in [1.29, 1.82) is 5.26 Å². The number of nitrogens with zero attached hydrogens (tertiary/aromatic N) is 3. The summed E-state index contributed by atoms with van der Waals surface area (Å²) in [6, 6.07) is 3.62. The fraction of sp³-hybridized carbons (Fsp3) is 0.250. The average Bonchev–Trinajstić information content (AvgIpc) is 2.81. The van der Waals surface area contributed by atoms with E-state index in [9.17, 15) is 4.79 Å². The largest absolute Gasteiger partial charge is 0.466 e. The van der Waals surface area contributed by atoms with E-state index in [2.05, 4.69) is 10.4 Å². The lowest BCUT2D eigenvalue weighted by atomic mass is 10.2. The Morgan fingerprint density at radius 1 is 1.56 bits per heavy atom. The summed E-state index contributed by atoms with van der Waals surface area (Å²) in [6.45, 7) is 3.48. The number of rotatable bonds is 2. The van der Waals surface area contributed by atoms with E-state index in [0.717, 1.165) is 0 Å². The highest BCUT2D eigenvalue weighted by molar-refractivity contribution is 6.05. The van der Waals surface area contributed by atoms with E-state index in [1.54, 1.807) is 33.2 Å². The molecule has 2 aromatic rings. The molecule has 2 aromatic heterocycles. The molecule has 0 fully saturated rings. The van der Waals surface area contributed by atoms with Crippen molar-refractivity contribution in [2.75, 3.05) is 5.32 Å². The lowest BCUT2D eigenvalue weighted by Gasteiger charge is -2.00. The van der Waals surface area contributed by atoms with E-state index in [4.69, 9.17) is 9.68 Å². The van der Waals surface area contributed by atoms with Crippen LogP contribution in [0.15, 0.2) is 16.7 Å². The fourth-order valence-corrected chi connectivity index (χ4v) is 1.69. The van der Waals surface area contributed by atoms with Gasteiger partial charge in [0.25, 0.3) is 5.91 Å². The molecule has 0 aromatic carbocycles. The Balaban J connectivity index is 2.27. The van der Waals surface area contributed by atoms with Gasteiger partial charge < -0.3 is 9.73 Å². The zero-order valence-corrected chi connectivity index (χ0v) is 10.3. The van der Waals surface area contributed by atoms with Crippen LogP contribution in [0.3, 0.4) is 0 Å². The SMILES string of the molecule is Cc1cc(C(=O)Nc2nn(C)cc2C#N)c(C)o1. The summed E-state index contributed by atoms with van der Waals surface area (Å²) in [6.07, 6.45) is 1.54. The van der Waals surface area contributed by atoms with Gasteiger partial charge in [-0.2, -0.15) is 10.4 Å². The first kappa shape index (κ1) is 11.9. The maximum absolute atomic E-state index is 12.0. The molecule has 0 unspecified atom stereocenters. The van der Waals surface area contributed by atoms with Crippen LogP contribution in [0.2, 0.25) is 0 Å². The van der Waals surface area contributed by atoms with Gasteiger partial charge >= 0.3 is 0 Å². The number of furan rings is 1. The number of hydrogen-bond donors (Lipinski definition) is 1. The standard InChI is InChI=1S/C12H12N4O2/c1-7-4-10(8(2)18-7)12(17)14-11-9(5-13)6-16(3)15-11/h4,6H,1-3H3,(H,14,15,17). The molecule has 0 radical (unpaired) electrons. The first-order valence-corrected chi connectivity index (χ1v) is 5.33. The van der Waals surface area contributed by atoms with Crippen molar-refractivity contribution in [3.05, 3.63) is 34.9 Å². The Bertz CT molecular complexity index is 646. The van der Waals surface area contributed by atoms with Crippen molar-refractivity contribution in [2.24, 2.45) is 7.05 Å². The second kappa shape index (κ2) is 4.37. The summed E-state index contributed by atoms with van der Waals surface area (Å²) in [7, 11) is 1.68. The first-order chi connectivity index (χ1) is 8.51. The molecule has 0 aliphatic heterocycles. The second-order valence-electron chi connectivity index (χ2n) is 3.96. The van der Waals surface area contributed by atoms with Crippen LogP contribution in [0, 0.1) is 25.2 Å². The molecule has 1 amide bonds. The Labute approximate surface area is 104 Å². The average molecular weight is 244 g/mol. The highest BCUT2D eigenvalue weighted by atomic mass is 16.3. The molecule has 1 N–H and O–H groups in total. The number of aromatic nitrogens is 2. The lowest BCUT2D eigenvalue weighted by Crippen LogP contribution is -2.13. The summed E-state index contributed by atoms with van der Waals surface area (Å²) in [5, 5.41) is 15.5. The summed E-state index contributed by atoms with van der Waals surface area (Å²) >= 11 is 0. The monoisotopic (exact) mass is 244 g/mol. The van der Waals surface area contributed by atoms with Crippen molar-refractivity contribution in [3.63, 3.8) is 0 Å². The van der Waals surface area contributed by atoms with Crippen LogP contribution in [-0.2, 0) is 7.05 Å². The molecule has 0 aliphatic rings. The summed E-state index contributed by atoms with van der Waals surface area (Å²) < 4.78 is 6.76. The van der Waals surface area contributed by atoms with Crippen molar-refractivity contribution < 1.29 is 9.21 Å². The number of hydrogen-bond acceptors (Lipinski definition) is 4. The molecule has 0 atom stereocenters. The van der Waals surface area contributed by atoms with Gasteiger partial charge in [-0.25, -0.2) is 0 Å². The highest BCUT2D eigenvalue weighted by Gasteiger charge is 2.16. The van der Waals surface area contributed by atoms with Gasteiger partial charge in [0.05, 0.1) is 5.56 Å². The van der Waals surface area contributed by atoms with E-state index in [1.807, 2.05) is 6.07 Å². The smallest absolute Gasteiger partial charge is 0.260 e. The van der Waals surface area contributed by atoms with Gasteiger partial charge in [-0.3, -0.25) is 9.48 Å². The Morgan fingerprint density at radius 2 is 2.28 bits per heavy atom. The van der Waals surface area contributed by atoms with Gasteiger partial charge in [-0.15, -0.1) is 0 Å². The van der Waals surface area contributed by atoms with E-state index >= 15 is 0 Å². The first-order valence-electron chi connectivity index (χ1n) is 5.33. The van der Waals surface area contributed by atoms with Gasteiger partial charge in [0.15, 0.2) is 5.82 Å². The normalized spacial score (nSPS) is 10.1. The Hall–Kier alpha value is -2.55. The number of aryl methyl sites for hydroxylation is 3. The van der Waals surface area contributed by atoms with Crippen molar-refractivity contribution in [2.45, 2.75) is 13.8 Å². The van der Waals surface area contributed by atoms with Gasteiger partial charge in [0, 0.05) is 13.2 Å². The van der Waals surface area contributed by atoms with E-state index in [1.165, 1.54) is 4.68 Å². The third kappa shape index (κ3) is 2.11. The van der Waals surface area contributed by atoms with Crippen LogP contribution in [0.1, 0.15) is 27.4 Å². The van der Waals surface area contributed by atoms with Gasteiger partial charge in [-0.1, -0.05) is 0 Å². The van der Waals surface area contributed by atoms with Gasteiger partial charge in [0.1, 0.15) is 23.2 Å². The quantitative estimate of drug-likeness (QED) is 0.872. The molecule has 6 nitrogen and oxygen atoms in total. The number of anilines is 1. The number of amides is 1. The molecule has 0 bridgehead atoms. The van der Waals surface area contributed by atoms with Gasteiger partial charge in [0.2, 0.25) is 0 Å². The van der Waals surface area contributed by atoms with E-state index in [0.29, 0.717) is 22.6 Å². The lowest BCUT2D eigenvalue weighted by molar-refractivity contribution is 0.102. The molecule has 2 heterocycles. The van der Waals surface area contributed by atoms with Crippen LogP contribution < -0.4 is 5.32 Å². The Kier molecular flexibility index (Phi) is 2.90.